The standard InChI is InChI=1S/C21H18F2N4O3/c1-2-11-7-15(3-4-16(11)17-9-25-20(24)18(10-28)27-17)26-21(30)19(29)12-5-13(22)8-14(23)6-12/h3-10,19,29H,2H2,1H3,(H2,24,25)(H,26,30). The highest BCUT2D eigenvalue weighted by Crippen LogP contribution is 2.27. The molecule has 0 aliphatic rings. The predicted molar refractivity (Wildman–Crippen MR) is 107 cm³/mol. The molecule has 9 heteroatoms. The minimum Gasteiger partial charge on any atom is -0.382 e. The summed E-state index contributed by atoms with van der Waals surface area (Å²) in [7, 11) is 0. The van der Waals surface area contributed by atoms with Crippen LogP contribution >= 0.6 is 0 Å². The molecule has 1 unspecified atom stereocenters. The maximum atomic E-state index is 13.3. The molecule has 1 amide bonds. The van der Waals surface area contributed by atoms with E-state index < -0.39 is 23.6 Å². The van der Waals surface area contributed by atoms with E-state index in [4.69, 9.17) is 5.73 Å². The van der Waals surface area contributed by atoms with E-state index in [2.05, 4.69) is 15.3 Å². The van der Waals surface area contributed by atoms with Crippen LogP contribution in [0.15, 0.2) is 42.6 Å². The molecule has 0 aliphatic heterocycles. The lowest BCUT2D eigenvalue weighted by Crippen LogP contribution is -2.21. The quantitative estimate of drug-likeness (QED) is 0.536. The fourth-order valence-electron chi connectivity index (χ4n) is 2.94. The molecule has 3 rings (SSSR count). The molecule has 0 spiro atoms. The van der Waals surface area contributed by atoms with Gasteiger partial charge in [0.2, 0.25) is 0 Å². The van der Waals surface area contributed by atoms with Crippen LogP contribution in [0.1, 0.15) is 34.6 Å². The molecule has 2 aromatic carbocycles. The Hall–Kier alpha value is -3.72. The van der Waals surface area contributed by atoms with E-state index in [0.717, 1.165) is 17.7 Å². The van der Waals surface area contributed by atoms with E-state index in [0.29, 0.717) is 35.7 Å². The van der Waals surface area contributed by atoms with Gasteiger partial charge in [0.05, 0.1) is 11.9 Å². The number of rotatable bonds is 6. The number of aldehydes is 1. The summed E-state index contributed by atoms with van der Waals surface area (Å²) in [5.74, 6) is -2.61. The summed E-state index contributed by atoms with van der Waals surface area (Å²) in [4.78, 5) is 31.5. The minimum absolute atomic E-state index is 0.0254. The third kappa shape index (κ3) is 4.47. The first-order chi connectivity index (χ1) is 14.3. The van der Waals surface area contributed by atoms with Gasteiger partial charge in [-0.3, -0.25) is 9.59 Å². The van der Waals surface area contributed by atoms with E-state index in [1.165, 1.54) is 6.20 Å². The highest BCUT2D eigenvalue weighted by molar-refractivity contribution is 5.95. The Labute approximate surface area is 170 Å². The fraction of sp³-hybridized carbons (Fsp3) is 0.143. The summed E-state index contributed by atoms with van der Waals surface area (Å²) in [5, 5.41) is 12.7. The van der Waals surface area contributed by atoms with Gasteiger partial charge in [-0.15, -0.1) is 0 Å². The Kier molecular flexibility index (Phi) is 6.12. The van der Waals surface area contributed by atoms with Crippen LogP contribution in [0.25, 0.3) is 11.3 Å². The summed E-state index contributed by atoms with van der Waals surface area (Å²) >= 11 is 0. The van der Waals surface area contributed by atoms with Crippen molar-refractivity contribution in [3.8, 4) is 11.3 Å². The molecule has 30 heavy (non-hydrogen) atoms. The average Bonchev–Trinajstić information content (AvgIpc) is 2.72. The molecule has 1 heterocycles. The van der Waals surface area contributed by atoms with Gasteiger partial charge in [0.15, 0.2) is 18.2 Å². The van der Waals surface area contributed by atoms with Gasteiger partial charge in [0.1, 0.15) is 17.3 Å². The third-order valence-electron chi connectivity index (χ3n) is 4.42. The molecular weight excluding hydrogens is 394 g/mol. The van der Waals surface area contributed by atoms with Crippen molar-refractivity contribution in [3.05, 3.63) is 71.1 Å². The Morgan fingerprint density at radius 1 is 1.23 bits per heavy atom. The summed E-state index contributed by atoms with van der Waals surface area (Å²) in [6, 6.07) is 7.35. The van der Waals surface area contributed by atoms with E-state index in [1.54, 1.807) is 18.2 Å². The van der Waals surface area contributed by atoms with Gasteiger partial charge in [0, 0.05) is 17.3 Å². The first-order valence-electron chi connectivity index (χ1n) is 8.98. The monoisotopic (exact) mass is 412 g/mol. The second-order valence-electron chi connectivity index (χ2n) is 6.46. The molecule has 0 fully saturated rings. The van der Waals surface area contributed by atoms with Crippen molar-refractivity contribution in [3.63, 3.8) is 0 Å². The van der Waals surface area contributed by atoms with Gasteiger partial charge < -0.3 is 16.2 Å². The largest absolute Gasteiger partial charge is 0.382 e. The number of nitrogen functional groups attached to an aromatic ring is 1. The first kappa shape index (κ1) is 21.0. The number of aryl methyl sites for hydroxylation is 1. The molecule has 0 radical (unpaired) electrons. The van der Waals surface area contributed by atoms with E-state index >= 15 is 0 Å². The maximum absolute atomic E-state index is 13.3. The Morgan fingerprint density at radius 2 is 1.93 bits per heavy atom. The van der Waals surface area contributed by atoms with Crippen molar-refractivity contribution < 1.29 is 23.5 Å². The number of aliphatic hydroxyl groups excluding tert-OH is 1. The number of carbonyl (C=O) groups is 2. The van der Waals surface area contributed by atoms with E-state index in [9.17, 15) is 23.5 Å². The van der Waals surface area contributed by atoms with Crippen LogP contribution in [0.4, 0.5) is 20.3 Å². The molecule has 154 valence electrons. The van der Waals surface area contributed by atoms with E-state index in [1.807, 2.05) is 6.92 Å². The highest BCUT2D eigenvalue weighted by Gasteiger charge is 2.20. The van der Waals surface area contributed by atoms with Crippen LogP contribution in [-0.4, -0.2) is 27.3 Å². The normalized spacial score (nSPS) is 11.7. The van der Waals surface area contributed by atoms with Crippen molar-refractivity contribution in [2.75, 3.05) is 11.1 Å². The van der Waals surface area contributed by atoms with Crippen molar-refractivity contribution in [2.45, 2.75) is 19.4 Å². The molecule has 0 saturated carbocycles. The molecule has 1 atom stereocenters. The van der Waals surface area contributed by atoms with Crippen LogP contribution in [0.2, 0.25) is 0 Å². The van der Waals surface area contributed by atoms with Crippen LogP contribution in [0.5, 0.6) is 0 Å². The number of nitrogens with zero attached hydrogens (tertiary/aromatic N) is 2. The number of carbonyl (C=O) groups excluding carboxylic acids is 2. The number of nitrogens with two attached hydrogens (primary N) is 1. The lowest BCUT2D eigenvalue weighted by molar-refractivity contribution is -0.124. The van der Waals surface area contributed by atoms with Gasteiger partial charge in [-0.1, -0.05) is 13.0 Å². The van der Waals surface area contributed by atoms with Gasteiger partial charge in [0.25, 0.3) is 5.91 Å². The Bertz CT molecular complexity index is 1100. The zero-order valence-corrected chi connectivity index (χ0v) is 15.9. The zero-order valence-electron chi connectivity index (χ0n) is 15.9. The smallest absolute Gasteiger partial charge is 0.257 e. The van der Waals surface area contributed by atoms with Gasteiger partial charge in [-0.2, -0.15) is 0 Å². The number of hydrogen-bond acceptors (Lipinski definition) is 6. The van der Waals surface area contributed by atoms with Crippen molar-refractivity contribution >= 4 is 23.7 Å². The van der Waals surface area contributed by atoms with Gasteiger partial charge in [-0.25, -0.2) is 18.7 Å². The van der Waals surface area contributed by atoms with E-state index in [-0.39, 0.29) is 17.1 Å². The van der Waals surface area contributed by atoms with Crippen molar-refractivity contribution in [1.82, 2.24) is 9.97 Å². The summed E-state index contributed by atoms with van der Waals surface area (Å²) in [5.41, 5.74) is 7.72. The van der Waals surface area contributed by atoms with Crippen LogP contribution in [0, 0.1) is 11.6 Å². The second kappa shape index (κ2) is 8.75. The number of halogens is 2. The molecule has 3 aromatic rings. The molecule has 4 N–H and O–H groups in total. The predicted octanol–water partition coefficient (Wildman–Crippen LogP) is 3.05. The molecule has 0 bridgehead atoms. The van der Waals surface area contributed by atoms with Crippen LogP contribution < -0.4 is 11.1 Å². The lowest BCUT2D eigenvalue weighted by Gasteiger charge is -2.14. The maximum Gasteiger partial charge on any atom is 0.257 e. The second-order valence-corrected chi connectivity index (χ2v) is 6.46. The molecule has 0 saturated heterocycles. The Balaban J connectivity index is 1.85. The number of amides is 1. The number of hydrogen-bond donors (Lipinski definition) is 3. The lowest BCUT2D eigenvalue weighted by atomic mass is 10.0. The fourth-order valence-corrected chi connectivity index (χ4v) is 2.94. The molecular formula is C21H18F2N4O3. The number of benzene rings is 2. The van der Waals surface area contributed by atoms with Crippen molar-refractivity contribution in [2.24, 2.45) is 0 Å². The molecule has 0 aliphatic carbocycles. The number of aliphatic hydroxyl groups is 1. The number of anilines is 2. The molecule has 7 nitrogen and oxygen atoms in total. The SMILES string of the molecule is CCc1cc(NC(=O)C(O)c2cc(F)cc(F)c2)ccc1-c1cnc(N)c(C=O)n1. The summed E-state index contributed by atoms with van der Waals surface area (Å²) in [6.45, 7) is 1.89. The topological polar surface area (TPSA) is 118 Å². The van der Waals surface area contributed by atoms with Gasteiger partial charge >= 0.3 is 0 Å². The van der Waals surface area contributed by atoms with Crippen LogP contribution in [-0.2, 0) is 11.2 Å². The van der Waals surface area contributed by atoms with Crippen molar-refractivity contribution in [1.29, 1.82) is 0 Å². The summed E-state index contributed by atoms with van der Waals surface area (Å²) < 4.78 is 26.7. The van der Waals surface area contributed by atoms with Gasteiger partial charge in [-0.05, 0) is 41.8 Å². The number of aromatic nitrogens is 2. The Morgan fingerprint density at radius 3 is 2.57 bits per heavy atom. The highest BCUT2D eigenvalue weighted by atomic mass is 19.1. The average molecular weight is 412 g/mol. The summed E-state index contributed by atoms with van der Waals surface area (Å²) in [6.07, 6.45) is 0.775. The van der Waals surface area contributed by atoms with Crippen LogP contribution in [0.3, 0.4) is 0 Å². The number of nitrogens with one attached hydrogen (secondary N) is 1. The molecule has 1 aromatic heterocycles. The zero-order chi connectivity index (χ0) is 21.8. The first-order valence-corrected chi connectivity index (χ1v) is 8.98. The third-order valence-corrected chi connectivity index (χ3v) is 4.42. The minimum atomic E-state index is -1.75.